The molecule has 160 valence electrons. The molecule has 7 nitrogen and oxygen atoms in total. The Kier molecular flexibility index (Phi) is 5.82. The first-order chi connectivity index (χ1) is 14.8. The number of carbonyl (C=O) groups is 1. The highest BCUT2D eigenvalue weighted by atomic mass is 32.2. The van der Waals surface area contributed by atoms with Crippen LogP contribution < -0.4 is 5.32 Å². The normalized spacial score (nSPS) is 14.4. The number of fused-ring (bicyclic) bond motifs is 1. The number of alkyl carbamates (subject to hydrolysis) is 1. The van der Waals surface area contributed by atoms with Crippen molar-refractivity contribution in [2.24, 2.45) is 5.10 Å². The number of benzene rings is 2. The quantitative estimate of drug-likeness (QED) is 0.631. The van der Waals surface area contributed by atoms with Crippen LogP contribution in [0.3, 0.4) is 0 Å². The number of ether oxygens (including phenoxy) is 1. The van der Waals surface area contributed by atoms with Gasteiger partial charge in [0, 0.05) is 5.75 Å². The SMILES string of the molecule is CC(NC(=O)OC(C)(C)C)c1nnc2n1N=C(c1ccc(-c3ccccc3)cc1)CS2. The molecule has 1 aliphatic rings. The molecule has 0 bridgehead atoms. The minimum atomic E-state index is -0.568. The molecular formula is C23H25N5O2S. The molecule has 8 heteroatoms. The summed E-state index contributed by atoms with van der Waals surface area (Å²) in [5, 5.41) is 16.8. The smallest absolute Gasteiger partial charge is 0.408 e. The highest BCUT2D eigenvalue weighted by Crippen LogP contribution is 2.27. The Morgan fingerprint density at radius 1 is 1.03 bits per heavy atom. The maximum atomic E-state index is 12.1. The molecule has 4 rings (SSSR count). The van der Waals surface area contributed by atoms with Crippen LogP contribution in [0.4, 0.5) is 4.79 Å². The van der Waals surface area contributed by atoms with Gasteiger partial charge in [0.25, 0.3) is 0 Å². The molecule has 0 saturated carbocycles. The fraction of sp³-hybridized carbons (Fsp3) is 0.304. The summed E-state index contributed by atoms with van der Waals surface area (Å²) in [6.45, 7) is 7.32. The van der Waals surface area contributed by atoms with Gasteiger partial charge < -0.3 is 10.1 Å². The lowest BCUT2D eigenvalue weighted by atomic mass is 10.0. The number of carbonyl (C=O) groups excluding carboxylic acids is 1. The van der Waals surface area contributed by atoms with Crippen LogP contribution in [0, 0.1) is 0 Å². The van der Waals surface area contributed by atoms with Crippen LogP contribution in [0.15, 0.2) is 64.9 Å². The van der Waals surface area contributed by atoms with Crippen molar-refractivity contribution in [2.75, 3.05) is 5.75 Å². The summed E-state index contributed by atoms with van der Waals surface area (Å²) in [4.78, 5) is 12.1. The molecular weight excluding hydrogens is 410 g/mol. The minimum absolute atomic E-state index is 0.403. The molecule has 3 aromatic rings. The molecule has 0 aliphatic carbocycles. The Hall–Kier alpha value is -3.13. The minimum Gasteiger partial charge on any atom is -0.444 e. The lowest BCUT2D eigenvalue weighted by molar-refractivity contribution is 0.0505. The fourth-order valence-electron chi connectivity index (χ4n) is 3.19. The third-order valence-corrected chi connectivity index (χ3v) is 5.57. The summed E-state index contributed by atoms with van der Waals surface area (Å²) in [6, 6.07) is 18.2. The van der Waals surface area contributed by atoms with Gasteiger partial charge in [-0.2, -0.15) is 9.78 Å². The lowest BCUT2D eigenvalue weighted by Gasteiger charge is -2.22. The van der Waals surface area contributed by atoms with Crippen molar-refractivity contribution in [3.8, 4) is 11.1 Å². The van der Waals surface area contributed by atoms with Crippen LogP contribution in [-0.4, -0.2) is 38.0 Å². The van der Waals surface area contributed by atoms with Gasteiger partial charge in [0.2, 0.25) is 5.16 Å². The third-order valence-electron chi connectivity index (χ3n) is 4.64. The zero-order valence-corrected chi connectivity index (χ0v) is 18.8. The summed E-state index contributed by atoms with van der Waals surface area (Å²) in [5.41, 5.74) is 3.75. The number of nitrogens with one attached hydrogen (secondary N) is 1. The van der Waals surface area contributed by atoms with Crippen LogP contribution in [0.5, 0.6) is 0 Å². The number of rotatable bonds is 4. The molecule has 1 N–H and O–H groups in total. The van der Waals surface area contributed by atoms with Gasteiger partial charge in [-0.15, -0.1) is 10.2 Å². The van der Waals surface area contributed by atoms with Gasteiger partial charge >= 0.3 is 6.09 Å². The molecule has 1 amide bonds. The molecule has 0 spiro atoms. The molecule has 0 fully saturated rings. The Morgan fingerprint density at radius 3 is 2.35 bits per heavy atom. The zero-order valence-electron chi connectivity index (χ0n) is 18.0. The zero-order chi connectivity index (χ0) is 22.0. The van der Waals surface area contributed by atoms with Crippen molar-refractivity contribution >= 4 is 23.6 Å². The van der Waals surface area contributed by atoms with Crippen molar-refractivity contribution < 1.29 is 9.53 Å². The van der Waals surface area contributed by atoms with E-state index >= 15 is 0 Å². The number of thioether (sulfide) groups is 1. The number of hydrogen-bond donors (Lipinski definition) is 1. The summed E-state index contributed by atoms with van der Waals surface area (Å²) >= 11 is 1.57. The maximum Gasteiger partial charge on any atom is 0.408 e. The Balaban J connectivity index is 1.54. The van der Waals surface area contributed by atoms with E-state index < -0.39 is 17.7 Å². The second-order valence-electron chi connectivity index (χ2n) is 8.30. The standard InChI is InChI=1S/C23H25N5O2S/c1-15(24-22(29)30-23(2,3)4)20-25-26-21-28(20)27-19(14-31-21)18-12-10-17(11-13-18)16-8-6-5-7-9-16/h5-13,15H,14H2,1-4H3,(H,24,29). The van der Waals surface area contributed by atoms with E-state index in [0.717, 1.165) is 16.8 Å². The number of aromatic nitrogens is 3. The predicted molar refractivity (Wildman–Crippen MR) is 122 cm³/mol. The Labute approximate surface area is 185 Å². The number of amides is 1. The third kappa shape index (κ3) is 4.96. The maximum absolute atomic E-state index is 12.1. The average Bonchev–Trinajstić information content (AvgIpc) is 3.16. The van der Waals surface area contributed by atoms with Gasteiger partial charge in [0.15, 0.2) is 5.82 Å². The first kappa shape index (κ1) is 21.1. The molecule has 1 atom stereocenters. The van der Waals surface area contributed by atoms with Crippen molar-refractivity contribution in [1.82, 2.24) is 20.2 Å². The molecule has 31 heavy (non-hydrogen) atoms. The highest BCUT2D eigenvalue weighted by molar-refractivity contribution is 7.99. The summed E-state index contributed by atoms with van der Waals surface area (Å²) < 4.78 is 7.05. The van der Waals surface area contributed by atoms with Crippen molar-refractivity contribution in [3.05, 3.63) is 66.0 Å². The topological polar surface area (TPSA) is 81.4 Å². The molecule has 1 aliphatic heterocycles. The summed E-state index contributed by atoms with van der Waals surface area (Å²) in [5.74, 6) is 1.27. The van der Waals surface area contributed by atoms with E-state index in [9.17, 15) is 4.79 Å². The predicted octanol–water partition coefficient (Wildman–Crippen LogP) is 4.89. The van der Waals surface area contributed by atoms with Crippen molar-refractivity contribution in [3.63, 3.8) is 0 Å². The van der Waals surface area contributed by atoms with Gasteiger partial charge in [-0.05, 0) is 44.4 Å². The second kappa shape index (κ2) is 8.55. The fourth-order valence-corrected chi connectivity index (χ4v) is 4.03. The van der Waals surface area contributed by atoms with E-state index in [1.807, 2.05) is 45.9 Å². The Morgan fingerprint density at radius 2 is 1.68 bits per heavy atom. The second-order valence-corrected chi connectivity index (χ2v) is 9.24. The summed E-state index contributed by atoms with van der Waals surface area (Å²) in [7, 11) is 0. The molecule has 1 aromatic heterocycles. The van der Waals surface area contributed by atoms with Crippen LogP contribution in [0.1, 0.15) is 45.1 Å². The van der Waals surface area contributed by atoms with Crippen LogP contribution in [0.25, 0.3) is 11.1 Å². The summed E-state index contributed by atoms with van der Waals surface area (Å²) in [6.07, 6.45) is -0.499. The van der Waals surface area contributed by atoms with Crippen molar-refractivity contribution in [1.29, 1.82) is 0 Å². The van der Waals surface area contributed by atoms with Gasteiger partial charge in [0.05, 0.1) is 11.8 Å². The first-order valence-corrected chi connectivity index (χ1v) is 11.1. The van der Waals surface area contributed by atoms with E-state index in [1.165, 1.54) is 5.56 Å². The average molecular weight is 436 g/mol. The number of nitrogens with zero attached hydrogens (tertiary/aromatic N) is 4. The lowest BCUT2D eigenvalue weighted by Crippen LogP contribution is -2.35. The Bertz CT molecular complexity index is 1100. The van der Waals surface area contributed by atoms with E-state index in [-0.39, 0.29) is 0 Å². The first-order valence-electron chi connectivity index (χ1n) is 10.1. The molecule has 0 saturated heterocycles. The molecule has 1 unspecified atom stereocenters. The van der Waals surface area contributed by atoms with Crippen LogP contribution in [0.2, 0.25) is 0 Å². The van der Waals surface area contributed by atoms with Gasteiger partial charge in [-0.25, -0.2) is 4.79 Å². The largest absolute Gasteiger partial charge is 0.444 e. The van der Waals surface area contributed by atoms with Gasteiger partial charge in [0.1, 0.15) is 5.60 Å². The molecule has 2 heterocycles. The van der Waals surface area contributed by atoms with Gasteiger partial charge in [-0.1, -0.05) is 66.4 Å². The van der Waals surface area contributed by atoms with Crippen LogP contribution in [-0.2, 0) is 4.74 Å². The van der Waals surface area contributed by atoms with Gasteiger partial charge in [-0.3, -0.25) is 0 Å². The van der Waals surface area contributed by atoms with E-state index in [1.54, 1.807) is 16.4 Å². The highest BCUT2D eigenvalue weighted by Gasteiger charge is 2.25. The van der Waals surface area contributed by atoms with Crippen LogP contribution >= 0.6 is 11.8 Å². The number of hydrogen-bond acceptors (Lipinski definition) is 6. The van der Waals surface area contributed by atoms with E-state index in [0.29, 0.717) is 16.7 Å². The van der Waals surface area contributed by atoms with E-state index in [2.05, 4.69) is 51.9 Å². The monoisotopic (exact) mass is 435 g/mol. The van der Waals surface area contributed by atoms with Crippen molar-refractivity contribution in [2.45, 2.75) is 44.5 Å². The molecule has 0 radical (unpaired) electrons. The van der Waals surface area contributed by atoms with E-state index in [4.69, 9.17) is 9.84 Å². The molecule has 2 aromatic carbocycles.